The van der Waals surface area contributed by atoms with E-state index in [1.807, 2.05) is 0 Å². The van der Waals surface area contributed by atoms with Gasteiger partial charge in [0.2, 0.25) is 0 Å². The summed E-state index contributed by atoms with van der Waals surface area (Å²) >= 11 is 0. The molecule has 132 valence electrons. The summed E-state index contributed by atoms with van der Waals surface area (Å²) in [5, 5.41) is 24.5. The first-order valence-electron chi connectivity index (χ1n) is 7.41. The number of rotatable bonds is 5. The number of nitro benzene ring substituents is 1. The molecule has 0 aromatic heterocycles. The molecule has 1 aliphatic heterocycles. The van der Waals surface area contributed by atoms with Crippen molar-refractivity contribution in [1.82, 2.24) is 10.2 Å². The molecule has 1 saturated heterocycles. The number of aromatic hydroxyl groups is 1. The van der Waals surface area contributed by atoms with Crippen LogP contribution in [0, 0.1) is 16.0 Å². The highest BCUT2D eigenvalue weighted by Gasteiger charge is 2.26. The van der Waals surface area contributed by atoms with Crippen molar-refractivity contribution in [3.05, 3.63) is 33.9 Å². The quantitative estimate of drug-likeness (QED) is 0.618. The molecular formula is C15H25Cl2N3O3. The van der Waals surface area contributed by atoms with Gasteiger partial charge in [0, 0.05) is 49.9 Å². The summed E-state index contributed by atoms with van der Waals surface area (Å²) in [5.41, 5.74) is 0.700. The summed E-state index contributed by atoms with van der Waals surface area (Å²) in [6.07, 6.45) is 0.870. The van der Waals surface area contributed by atoms with E-state index >= 15 is 0 Å². The molecule has 0 unspecified atom stereocenters. The minimum Gasteiger partial charge on any atom is -0.508 e. The minimum atomic E-state index is -0.410. The first-order chi connectivity index (χ1) is 9.99. The summed E-state index contributed by atoms with van der Waals surface area (Å²) in [6, 6.07) is 4.32. The van der Waals surface area contributed by atoms with Crippen LogP contribution in [0.15, 0.2) is 18.2 Å². The summed E-state index contributed by atoms with van der Waals surface area (Å²) in [5.74, 6) is 0.591. The van der Waals surface area contributed by atoms with Crippen LogP contribution in [0.25, 0.3) is 0 Å². The Morgan fingerprint density at radius 2 is 1.91 bits per heavy atom. The SMILES string of the molecule is CC(C)C[C@@H](c1cc([N+](=O)[O-])ccc1O)N1CCNCC1.Cl.Cl. The van der Waals surface area contributed by atoms with E-state index < -0.39 is 4.92 Å². The van der Waals surface area contributed by atoms with Crippen molar-refractivity contribution >= 4 is 30.5 Å². The fourth-order valence-electron chi connectivity index (χ4n) is 2.84. The lowest BCUT2D eigenvalue weighted by atomic mass is 9.94. The van der Waals surface area contributed by atoms with Crippen molar-refractivity contribution in [1.29, 1.82) is 0 Å². The highest BCUT2D eigenvalue weighted by atomic mass is 35.5. The molecule has 2 rings (SSSR count). The van der Waals surface area contributed by atoms with Crippen molar-refractivity contribution in [3.8, 4) is 5.75 Å². The molecule has 8 heteroatoms. The van der Waals surface area contributed by atoms with Gasteiger partial charge in [-0.05, 0) is 18.4 Å². The molecule has 0 amide bonds. The van der Waals surface area contributed by atoms with Crippen LogP contribution in [-0.4, -0.2) is 41.1 Å². The second-order valence-electron chi connectivity index (χ2n) is 5.93. The monoisotopic (exact) mass is 365 g/mol. The maximum Gasteiger partial charge on any atom is 0.270 e. The molecule has 0 radical (unpaired) electrons. The Hall–Kier alpha value is -1.08. The van der Waals surface area contributed by atoms with Gasteiger partial charge in [-0.3, -0.25) is 15.0 Å². The highest BCUT2D eigenvalue weighted by molar-refractivity contribution is 5.85. The molecule has 0 spiro atoms. The summed E-state index contributed by atoms with van der Waals surface area (Å²) < 4.78 is 0. The number of benzene rings is 1. The van der Waals surface area contributed by atoms with Gasteiger partial charge >= 0.3 is 0 Å². The zero-order valence-corrected chi connectivity index (χ0v) is 15.0. The smallest absolute Gasteiger partial charge is 0.270 e. The van der Waals surface area contributed by atoms with E-state index in [9.17, 15) is 15.2 Å². The molecule has 0 aliphatic carbocycles. The first kappa shape index (κ1) is 21.9. The Balaban J connectivity index is 0.00000242. The van der Waals surface area contributed by atoms with Gasteiger partial charge in [-0.15, -0.1) is 24.8 Å². The van der Waals surface area contributed by atoms with Crippen molar-refractivity contribution < 1.29 is 10.0 Å². The van der Waals surface area contributed by atoms with E-state index in [1.165, 1.54) is 18.2 Å². The summed E-state index contributed by atoms with van der Waals surface area (Å²) in [6.45, 7) is 7.85. The third-order valence-corrected chi connectivity index (χ3v) is 3.87. The second-order valence-corrected chi connectivity index (χ2v) is 5.93. The number of hydrogen-bond donors (Lipinski definition) is 2. The Kier molecular flexibility index (Phi) is 9.46. The lowest BCUT2D eigenvalue weighted by Gasteiger charge is -2.36. The average Bonchev–Trinajstić information content (AvgIpc) is 2.46. The Bertz CT molecular complexity index is 509. The maximum absolute atomic E-state index is 11.0. The number of nitrogens with one attached hydrogen (secondary N) is 1. The van der Waals surface area contributed by atoms with E-state index in [0.29, 0.717) is 11.5 Å². The third kappa shape index (κ3) is 5.80. The van der Waals surface area contributed by atoms with Crippen LogP contribution < -0.4 is 5.32 Å². The lowest BCUT2D eigenvalue weighted by Crippen LogP contribution is -2.45. The zero-order chi connectivity index (χ0) is 15.4. The van der Waals surface area contributed by atoms with Crippen molar-refractivity contribution in [2.45, 2.75) is 26.3 Å². The Morgan fingerprint density at radius 1 is 1.30 bits per heavy atom. The molecule has 1 aliphatic rings. The molecular weight excluding hydrogens is 341 g/mol. The standard InChI is InChI=1S/C15H23N3O3.2ClH/c1-11(2)9-14(17-7-5-16-6-8-17)13-10-12(18(20)21)3-4-15(13)19;;/h3-4,10-11,14,16,19H,5-9H2,1-2H3;2*1H/t14-;;/m0../s1. The van der Waals surface area contributed by atoms with Gasteiger partial charge < -0.3 is 10.4 Å². The molecule has 6 nitrogen and oxygen atoms in total. The molecule has 0 saturated carbocycles. The minimum absolute atomic E-state index is 0. The van der Waals surface area contributed by atoms with E-state index in [4.69, 9.17) is 0 Å². The summed E-state index contributed by atoms with van der Waals surface area (Å²) in [7, 11) is 0. The number of nitro groups is 1. The predicted octanol–water partition coefficient (Wildman–Crippen LogP) is 3.14. The number of phenols is 1. The fourth-order valence-corrected chi connectivity index (χ4v) is 2.84. The number of phenolic OH excluding ortho intramolecular Hbond substituents is 1. The first-order valence-corrected chi connectivity index (χ1v) is 7.41. The van der Waals surface area contributed by atoms with E-state index in [2.05, 4.69) is 24.1 Å². The van der Waals surface area contributed by atoms with E-state index in [1.54, 1.807) is 0 Å². The van der Waals surface area contributed by atoms with Gasteiger partial charge in [0.1, 0.15) is 5.75 Å². The second kappa shape index (κ2) is 9.93. The number of non-ortho nitro benzene ring substituents is 1. The van der Waals surface area contributed by atoms with Crippen molar-refractivity contribution in [2.75, 3.05) is 26.2 Å². The van der Waals surface area contributed by atoms with E-state index in [0.717, 1.165) is 32.6 Å². The van der Waals surface area contributed by atoms with Gasteiger partial charge in [-0.1, -0.05) is 13.8 Å². The van der Waals surface area contributed by atoms with Gasteiger partial charge in [0.05, 0.1) is 4.92 Å². The largest absolute Gasteiger partial charge is 0.508 e. The summed E-state index contributed by atoms with van der Waals surface area (Å²) in [4.78, 5) is 12.9. The molecule has 1 aromatic carbocycles. The van der Waals surface area contributed by atoms with Crippen LogP contribution in [0.2, 0.25) is 0 Å². The van der Waals surface area contributed by atoms with Gasteiger partial charge in [-0.25, -0.2) is 0 Å². The Morgan fingerprint density at radius 3 is 2.43 bits per heavy atom. The van der Waals surface area contributed by atoms with Crippen LogP contribution in [0.1, 0.15) is 31.9 Å². The maximum atomic E-state index is 11.0. The normalized spacial score (nSPS) is 16.3. The predicted molar refractivity (Wildman–Crippen MR) is 95.9 cm³/mol. The number of piperazine rings is 1. The van der Waals surface area contributed by atoms with Crippen LogP contribution in [0.3, 0.4) is 0 Å². The number of halogens is 2. The van der Waals surface area contributed by atoms with Gasteiger partial charge in [0.25, 0.3) is 5.69 Å². The average molecular weight is 366 g/mol. The zero-order valence-electron chi connectivity index (χ0n) is 13.4. The van der Waals surface area contributed by atoms with Gasteiger partial charge in [0.15, 0.2) is 0 Å². The number of nitrogens with zero attached hydrogens (tertiary/aromatic N) is 2. The molecule has 1 heterocycles. The highest BCUT2D eigenvalue weighted by Crippen LogP contribution is 2.35. The molecule has 1 aromatic rings. The molecule has 0 bridgehead atoms. The third-order valence-electron chi connectivity index (χ3n) is 3.87. The molecule has 1 fully saturated rings. The van der Waals surface area contributed by atoms with E-state index in [-0.39, 0.29) is 42.3 Å². The molecule has 23 heavy (non-hydrogen) atoms. The van der Waals surface area contributed by atoms with Gasteiger partial charge in [-0.2, -0.15) is 0 Å². The van der Waals surface area contributed by atoms with Crippen molar-refractivity contribution in [3.63, 3.8) is 0 Å². The topological polar surface area (TPSA) is 78.6 Å². The van der Waals surface area contributed by atoms with Crippen molar-refractivity contribution in [2.24, 2.45) is 5.92 Å². The number of hydrogen-bond acceptors (Lipinski definition) is 5. The molecule has 1 atom stereocenters. The van der Waals surface area contributed by atoms with Crippen LogP contribution >= 0.6 is 24.8 Å². The lowest BCUT2D eigenvalue weighted by molar-refractivity contribution is -0.385. The Labute approximate surface area is 149 Å². The van der Waals surface area contributed by atoms with Crippen LogP contribution in [0.4, 0.5) is 5.69 Å². The van der Waals surface area contributed by atoms with Crippen LogP contribution in [-0.2, 0) is 0 Å². The molecule has 2 N–H and O–H groups in total. The van der Waals surface area contributed by atoms with Crippen LogP contribution in [0.5, 0.6) is 5.75 Å². The fraction of sp³-hybridized carbons (Fsp3) is 0.600.